The predicted octanol–water partition coefficient (Wildman–Crippen LogP) is 2.44. The van der Waals surface area contributed by atoms with Crippen LogP contribution in [0.5, 0.6) is 5.75 Å². The fourth-order valence-electron chi connectivity index (χ4n) is 1.71. The van der Waals surface area contributed by atoms with Gasteiger partial charge in [0, 0.05) is 13.3 Å². The summed E-state index contributed by atoms with van der Waals surface area (Å²) >= 11 is 0. The molecule has 1 rings (SSSR count). The molecule has 0 saturated carbocycles. The molecule has 102 valence electrons. The molecule has 0 aromatic heterocycles. The van der Waals surface area contributed by atoms with Gasteiger partial charge in [0.25, 0.3) is 0 Å². The molecular weight excluding hydrogens is 250 g/mol. The number of anilines is 1. The Kier molecular flexibility index (Phi) is 3.96. The number of hydrogen-bond donors (Lipinski definition) is 1. The number of methoxy groups -OCH3 is 1. The highest BCUT2D eigenvalue weighted by Crippen LogP contribution is 2.37. The first-order chi connectivity index (χ1) is 8.11. The first-order valence-corrected chi connectivity index (χ1v) is 7.60. The minimum Gasteiger partial charge on any atom is -0.493 e. The summed E-state index contributed by atoms with van der Waals surface area (Å²) in [5, 5.41) is 2.98. The van der Waals surface area contributed by atoms with E-state index < -0.39 is 9.84 Å². The number of benzene rings is 1. The van der Waals surface area contributed by atoms with Crippen molar-refractivity contribution in [3.8, 4) is 5.75 Å². The molecular formula is C13H21NO3S. The molecule has 18 heavy (non-hydrogen) atoms. The summed E-state index contributed by atoms with van der Waals surface area (Å²) in [5.74, 6) is 0.369. The van der Waals surface area contributed by atoms with Crippen LogP contribution in [0.2, 0.25) is 0 Å². The summed E-state index contributed by atoms with van der Waals surface area (Å²) in [5.41, 5.74) is 1.51. The van der Waals surface area contributed by atoms with Gasteiger partial charge in [0.05, 0.1) is 12.8 Å². The molecule has 0 aliphatic rings. The number of rotatable bonds is 3. The van der Waals surface area contributed by atoms with Crippen LogP contribution in [-0.2, 0) is 15.3 Å². The van der Waals surface area contributed by atoms with Gasteiger partial charge in [0.15, 0.2) is 15.6 Å². The molecule has 0 spiro atoms. The van der Waals surface area contributed by atoms with Crippen molar-refractivity contribution >= 4 is 15.5 Å². The van der Waals surface area contributed by atoms with E-state index in [1.54, 1.807) is 13.1 Å². The molecule has 0 fully saturated rings. The van der Waals surface area contributed by atoms with Crippen molar-refractivity contribution in [2.45, 2.75) is 31.1 Å². The summed E-state index contributed by atoms with van der Waals surface area (Å²) in [6, 6.07) is 3.61. The summed E-state index contributed by atoms with van der Waals surface area (Å²) in [6.07, 6.45) is 1.19. The maximum absolute atomic E-state index is 11.9. The average Bonchev–Trinajstić information content (AvgIpc) is 2.24. The molecule has 5 heteroatoms. The molecule has 0 radical (unpaired) electrons. The molecule has 0 unspecified atom stereocenters. The van der Waals surface area contributed by atoms with Crippen LogP contribution >= 0.6 is 0 Å². The van der Waals surface area contributed by atoms with Crippen LogP contribution in [0.15, 0.2) is 17.0 Å². The van der Waals surface area contributed by atoms with E-state index in [0.717, 1.165) is 5.56 Å². The Balaban J connectivity index is 3.67. The topological polar surface area (TPSA) is 55.4 Å². The van der Waals surface area contributed by atoms with Gasteiger partial charge < -0.3 is 10.1 Å². The zero-order chi connectivity index (χ0) is 14.1. The lowest BCUT2D eigenvalue weighted by molar-refractivity contribution is 0.404. The maximum Gasteiger partial charge on any atom is 0.179 e. The SMILES string of the molecule is CNc1cc(C(C)(C)C)cc(S(C)(=O)=O)c1OC. The molecule has 0 bridgehead atoms. The molecule has 0 aliphatic carbocycles. The van der Waals surface area contributed by atoms with Gasteiger partial charge in [-0.1, -0.05) is 20.8 Å². The van der Waals surface area contributed by atoms with Crippen LogP contribution in [0.1, 0.15) is 26.3 Å². The Labute approximate surface area is 109 Å². The normalized spacial score (nSPS) is 12.3. The third kappa shape index (κ3) is 2.96. The van der Waals surface area contributed by atoms with Gasteiger partial charge in [-0.25, -0.2) is 8.42 Å². The van der Waals surface area contributed by atoms with Crippen molar-refractivity contribution in [1.82, 2.24) is 0 Å². The highest BCUT2D eigenvalue weighted by Gasteiger charge is 2.23. The van der Waals surface area contributed by atoms with E-state index in [1.165, 1.54) is 13.4 Å². The Bertz CT molecular complexity index is 542. The first kappa shape index (κ1) is 14.8. The molecule has 1 aromatic carbocycles. The largest absolute Gasteiger partial charge is 0.493 e. The van der Waals surface area contributed by atoms with Crippen molar-refractivity contribution < 1.29 is 13.2 Å². The average molecular weight is 271 g/mol. The van der Waals surface area contributed by atoms with E-state index in [1.807, 2.05) is 26.8 Å². The van der Waals surface area contributed by atoms with Crippen LogP contribution in [0, 0.1) is 0 Å². The van der Waals surface area contributed by atoms with Crippen molar-refractivity contribution in [3.63, 3.8) is 0 Å². The van der Waals surface area contributed by atoms with Gasteiger partial charge in [-0.05, 0) is 23.1 Å². The highest BCUT2D eigenvalue weighted by molar-refractivity contribution is 7.90. The quantitative estimate of drug-likeness (QED) is 0.917. The van der Waals surface area contributed by atoms with Crippen LogP contribution in [0.25, 0.3) is 0 Å². The molecule has 0 heterocycles. The van der Waals surface area contributed by atoms with Crippen molar-refractivity contribution in [2.24, 2.45) is 0 Å². The number of sulfone groups is 1. The maximum atomic E-state index is 11.9. The lowest BCUT2D eigenvalue weighted by Crippen LogP contribution is -2.14. The predicted molar refractivity (Wildman–Crippen MR) is 74.4 cm³/mol. The summed E-state index contributed by atoms with van der Waals surface area (Å²) < 4.78 is 28.9. The minimum absolute atomic E-state index is 0.128. The molecule has 0 atom stereocenters. The standard InChI is InChI=1S/C13H21NO3S/c1-13(2,3)9-7-10(14-4)12(17-5)11(8-9)18(6,15)16/h7-8,14H,1-6H3. The van der Waals surface area contributed by atoms with Crippen LogP contribution < -0.4 is 10.1 Å². The Hall–Kier alpha value is -1.23. The van der Waals surface area contributed by atoms with Crippen LogP contribution in [0.3, 0.4) is 0 Å². The van der Waals surface area contributed by atoms with E-state index in [2.05, 4.69) is 5.32 Å². The second-order valence-corrected chi connectivity index (χ2v) is 7.31. The van der Waals surface area contributed by atoms with Crippen molar-refractivity contribution in [2.75, 3.05) is 25.7 Å². The highest BCUT2D eigenvalue weighted by atomic mass is 32.2. The second kappa shape index (κ2) is 4.80. The van der Waals surface area contributed by atoms with Gasteiger partial charge in [-0.3, -0.25) is 0 Å². The zero-order valence-electron chi connectivity index (χ0n) is 11.8. The fourth-order valence-corrected chi connectivity index (χ4v) is 2.58. The number of ether oxygens (including phenoxy) is 1. The molecule has 1 aromatic rings. The van der Waals surface area contributed by atoms with Crippen LogP contribution in [0.4, 0.5) is 5.69 Å². The Morgan fingerprint density at radius 3 is 2.11 bits per heavy atom. The van der Waals surface area contributed by atoms with E-state index >= 15 is 0 Å². The third-order valence-electron chi connectivity index (χ3n) is 2.79. The van der Waals surface area contributed by atoms with Gasteiger partial charge in [0.2, 0.25) is 0 Å². The lowest BCUT2D eigenvalue weighted by atomic mass is 9.86. The van der Waals surface area contributed by atoms with Gasteiger partial charge in [-0.2, -0.15) is 0 Å². The Morgan fingerprint density at radius 1 is 1.22 bits per heavy atom. The second-order valence-electron chi connectivity index (χ2n) is 5.33. The number of hydrogen-bond acceptors (Lipinski definition) is 4. The van der Waals surface area contributed by atoms with Gasteiger partial charge in [-0.15, -0.1) is 0 Å². The first-order valence-electron chi connectivity index (χ1n) is 5.71. The zero-order valence-corrected chi connectivity index (χ0v) is 12.6. The number of nitrogens with one attached hydrogen (secondary N) is 1. The van der Waals surface area contributed by atoms with E-state index in [0.29, 0.717) is 11.4 Å². The van der Waals surface area contributed by atoms with E-state index in [9.17, 15) is 8.42 Å². The molecule has 4 nitrogen and oxygen atoms in total. The molecule has 0 saturated heterocycles. The van der Waals surface area contributed by atoms with E-state index in [-0.39, 0.29) is 10.3 Å². The fraction of sp³-hybridized carbons (Fsp3) is 0.538. The van der Waals surface area contributed by atoms with Gasteiger partial charge >= 0.3 is 0 Å². The van der Waals surface area contributed by atoms with Crippen LogP contribution in [-0.4, -0.2) is 28.8 Å². The molecule has 0 amide bonds. The van der Waals surface area contributed by atoms with E-state index in [4.69, 9.17) is 4.74 Å². The Morgan fingerprint density at radius 2 is 1.78 bits per heavy atom. The lowest BCUT2D eigenvalue weighted by Gasteiger charge is -2.22. The van der Waals surface area contributed by atoms with Gasteiger partial charge in [0.1, 0.15) is 4.90 Å². The minimum atomic E-state index is -3.33. The summed E-state index contributed by atoms with van der Waals surface area (Å²) in [7, 11) is -0.106. The third-order valence-corrected chi connectivity index (χ3v) is 3.90. The summed E-state index contributed by atoms with van der Waals surface area (Å²) in [4.78, 5) is 0.224. The molecule has 0 aliphatic heterocycles. The smallest absolute Gasteiger partial charge is 0.179 e. The molecule has 1 N–H and O–H groups in total. The summed E-state index contributed by atoms with van der Waals surface area (Å²) in [6.45, 7) is 6.13. The monoisotopic (exact) mass is 271 g/mol. The van der Waals surface area contributed by atoms with Crippen molar-refractivity contribution in [3.05, 3.63) is 17.7 Å². The van der Waals surface area contributed by atoms with Crippen molar-refractivity contribution in [1.29, 1.82) is 0 Å².